The van der Waals surface area contributed by atoms with Crippen molar-refractivity contribution in [3.05, 3.63) is 24.0 Å². The van der Waals surface area contributed by atoms with Gasteiger partial charge in [-0.3, -0.25) is 4.79 Å². The average molecular weight is 360 g/mol. The molecule has 5 rings (SSSR count). The van der Waals surface area contributed by atoms with Crippen molar-refractivity contribution in [1.29, 1.82) is 0 Å². The minimum absolute atomic E-state index is 0.154. The molecule has 8 nitrogen and oxygen atoms in total. The summed E-state index contributed by atoms with van der Waals surface area (Å²) in [6.07, 6.45) is 1.95. The number of thioether (sulfide) groups is 1. The Kier molecular flexibility index (Phi) is 3.47. The lowest BCUT2D eigenvalue weighted by atomic mass is 10.3. The molecule has 2 aromatic rings. The maximum absolute atomic E-state index is 12.5. The third-order valence-corrected chi connectivity index (χ3v) is 5.24. The topological polar surface area (TPSA) is 78.7 Å². The van der Waals surface area contributed by atoms with Crippen LogP contribution in [0.25, 0.3) is 0 Å². The van der Waals surface area contributed by atoms with E-state index in [4.69, 9.17) is 14.2 Å². The summed E-state index contributed by atoms with van der Waals surface area (Å²) in [7, 11) is 0. The Bertz CT molecular complexity index is 836. The number of amides is 1. The van der Waals surface area contributed by atoms with Crippen LogP contribution in [0.3, 0.4) is 0 Å². The molecule has 0 unspecified atom stereocenters. The first-order valence-electron chi connectivity index (χ1n) is 8.21. The van der Waals surface area contributed by atoms with Gasteiger partial charge in [-0.1, -0.05) is 11.8 Å². The number of rotatable bonds is 4. The summed E-state index contributed by atoms with van der Waals surface area (Å²) in [5, 5.41) is 10.9. The molecule has 9 heteroatoms. The number of benzene rings is 1. The first-order valence-corrected chi connectivity index (χ1v) is 9.19. The monoisotopic (exact) mass is 360 g/mol. The molecule has 1 aromatic heterocycles. The van der Waals surface area contributed by atoms with Crippen LogP contribution in [0.4, 0.5) is 0 Å². The van der Waals surface area contributed by atoms with E-state index in [1.165, 1.54) is 0 Å². The van der Waals surface area contributed by atoms with Crippen molar-refractivity contribution in [3.63, 3.8) is 0 Å². The van der Waals surface area contributed by atoms with Crippen molar-refractivity contribution in [3.8, 4) is 17.2 Å². The normalized spacial score (nSPS) is 18.2. The molecule has 1 aliphatic carbocycles. The maximum atomic E-state index is 12.5. The lowest BCUT2D eigenvalue weighted by Crippen LogP contribution is -2.46. The van der Waals surface area contributed by atoms with E-state index >= 15 is 0 Å². The van der Waals surface area contributed by atoms with Crippen LogP contribution in [-0.2, 0) is 11.4 Å². The van der Waals surface area contributed by atoms with Crippen molar-refractivity contribution >= 4 is 17.7 Å². The van der Waals surface area contributed by atoms with E-state index < -0.39 is 0 Å². The third-order valence-electron chi connectivity index (χ3n) is 4.35. The molecule has 0 N–H and O–H groups in total. The number of aromatic nitrogens is 3. The molecule has 0 radical (unpaired) electrons. The fourth-order valence-electron chi connectivity index (χ4n) is 2.91. The van der Waals surface area contributed by atoms with Crippen LogP contribution in [0.15, 0.2) is 23.4 Å². The number of hydrogen-bond donors (Lipinski definition) is 0. The van der Waals surface area contributed by atoms with E-state index in [0.29, 0.717) is 29.6 Å². The maximum Gasteiger partial charge on any atom is 0.244 e. The zero-order valence-electron chi connectivity index (χ0n) is 13.4. The van der Waals surface area contributed by atoms with Gasteiger partial charge in [-0.15, -0.1) is 10.2 Å². The van der Waals surface area contributed by atoms with Gasteiger partial charge >= 0.3 is 0 Å². The average Bonchev–Trinajstić information content (AvgIpc) is 3.24. The number of ether oxygens (including phenoxy) is 3. The van der Waals surface area contributed by atoms with Gasteiger partial charge < -0.3 is 14.2 Å². The minimum atomic E-state index is 0.154. The molecule has 1 amide bonds. The number of hydrogen-bond acceptors (Lipinski definition) is 7. The minimum Gasteiger partial charge on any atom is -0.485 e. The molecule has 0 spiro atoms. The van der Waals surface area contributed by atoms with E-state index in [1.807, 2.05) is 16.8 Å². The molecule has 0 saturated heterocycles. The van der Waals surface area contributed by atoms with E-state index in [9.17, 15) is 4.79 Å². The Morgan fingerprint density at radius 2 is 2.16 bits per heavy atom. The number of carbonyl (C=O) groups is 1. The quantitative estimate of drug-likeness (QED) is 0.819. The third kappa shape index (κ3) is 2.68. The summed E-state index contributed by atoms with van der Waals surface area (Å²) in [5.74, 6) is 3.80. The second kappa shape index (κ2) is 5.83. The lowest BCUT2D eigenvalue weighted by Gasteiger charge is -2.29. The van der Waals surface area contributed by atoms with Gasteiger partial charge in [-0.05, 0) is 25.0 Å². The summed E-state index contributed by atoms with van der Waals surface area (Å²) >= 11 is 1.60. The van der Waals surface area contributed by atoms with E-state index in [0.717, 1.165) is 23.8 Å². The number of fused-ring (bicyclic) bond motifs is 2. The summed E-state index contributed by atoms with van der Waals surface area (Å²) in [6.45, 7) is 1.12. The number of nitrogens with zero attached hydrogens (tertiary/aromatic N) is 4. The van der Waals surface area contributed by atoms with E-state index in [2.05, 4.69) is 10.2 Å². The Morgan fingerprint density at radius 3 is 3.04 bits per heavy atom. The van der Waals surface area contributed by atoms with Gasteiger partial charge in [0.15, 0.2) is 17.3 Å². The number of carbonyl (C=O) groups excluding carboxylic acids is 1. The van der Waals surface area contributed by atoms with E-state index in [-0.39, 0.29) is 25.2 Å². The molecule has 2 aliphatic heterocycles. The van der Waals surface area contributed by atoms with Crippen LogP contribution in [0, 0.1) is 5.92 Å². The highest BCUT2D eigenvalue weighted by atomic mass is 32.2. The molecule has 1 saturated carbocycles. The summed E-state index contributed by atoms with van der Waals surface area (Å²) in [6, 6.07) is 5.43. The van der Waals surface area contributed by atoms with Crippen molar-refractivity contribution in [2.24, 2.45) is 5.92 Å². The van der Waals surface area contributed by atoms with E-state index in [1.54, 1.807) is 22.8 Å². The van der Waals surface area contributed by atoms with Crippen LogP contribution in [-0.4, -0.2) is 39.9 Å². The fourth-order valence-corrected chi connectivity index (χ4v) is 3.78. The highest BCUT2D eigenvalue weighted by molar-refractivity contribution is 7.99. The van der Waals surface area contributed by atoms with Crippen LogP contribution >= 0.6 is 11.8 Å². The van der Waals surface area contributed by atoms with Crippen molar-refractivity contribution in [1.82, 2.24) is 14.9 Å². The Balaban J connectivity index is 1.36. The second-order valence-corrected chi connectivity index (χ2v) is 7.16. The van der Waals surface area contributed by atoms with Crippen LogP contribution in [0.2, 0.25) is 0 Å². The highest BCUT2D eigenvalue weighted by Crippen LogP contribution is 2.36. The predicted octanol–water partition coefficient (Wildman–Crippen LogP) is 1.57. The van der Waals surface area contributed by atoms with Crippen molar-refractivity contribution < 1.29 is 19.0 Å². The molecule has 0 atom stereocenters. The van der Waals surface area contributed by atoms with Crippen LogP contribution < -0.4 is 19.2 Å². The molecule has 3 heterocycles. The molecule has 25 heavy (non-hydrogen) atoms. The zero-order valence-corrected chi connectivity index (χ0v) is 14.2. The first kappa shape index (κ1) is 14.9. The Hall–Kier alpha value is -2.42. The molecule has 130 valence electrons. The highest BCUT2D eigenvalue weighted by Gasteiger charge is 2.37. The molecule has 0 bridgehead atoms. The summed E-state index contributed by atoms with van der Waals surface area (Å²) < 4.78 is 18.3. The summed E-state index contributed by atoms with van der Waals surface area (Å²) in [4.78, 5) is 12.5. The van der Waals surface area contributed by atoms with Crippen LogP contribution in [0.5, 0.6) is 17.2 Å². The van der Waals surface area contributed by atoms with Gasteiger partial charge in [-0.2, -0.15) is 0 Å². The van der Waals surface area contributed by atoms with Gasteiger partial charge in [0.1, 0.15) is 12.4 Å². The SMILES string of the molecule is O=C(C1CC1)N1CCSc2nnc(COc3ccc4c(c3)OCO4)n21. The van der Waals surface area contributed by atoms with Gasteiger partial charge in [0.25, 0.3) is 0 Å². The lowest BCUT2D eigenvalue weighted by molar-refractivity contribution is -0.121. The largest absolute Gasteiger partial charge is 0.485 e. The van der Waals surface area contributed by atoms with Gasteiger partial charge in [-0.25, -0.2) is 9.69 Å². The second-order valence-electron chi connectivity index (χ2n) is 6.10. The Morgan fingerprint density at radius 1 is 1.28 bits per heavy atom. The molecule has 3 aliphatic rings. The van der Waals surface area contributed by atoms with Crippen molar-refractivity contribution in [2.45, 2.75) is 24.6 Å². The molecular weight excluding hydrogens is 344 g/mol. The smallest absolute Gasteiger partial charge is 0.244 e. The van der Waals surface area contributed by atoms with Gasteiger partial charge in [0.2, 0.25) is 17.9 Å². The van der Waals surface area contributed by atoms with Crippen LogP contribution in [0.1, 0.15) is 18.7 Å². The predicted molar refractivity (Wildman–Crippen MR) is 88.5 cm³/mol. The zero-order chi connectivity index (χ0) is 16.8. The van der Waals surface area contributed by atoms with Gasteiger partial charge in [0, 0.05) is 17.7 Å². The van der Waals surface area contributed by atoms with Crippen molar-refractivity contribution in [2.75, 3.05) is 24.1 Å². The fraction of sp³-hybridized carbons (Fsp3) is 0.438. The Labute approximate surface area is 148 Å². The molecule has 1 fully saturated rings. The summed E-state index contributed by atoms with van der Waals surface area (Å²) in [5.41, 5.74) is 0. The molecule has 1 aromatic carbocycles. The standard InChI is InChI=1S/C16H16N4O4S/c21-15(10-1-2-10)19-5-6-25-16-18-17-14(20(16)19)8-22-11-3-4-12-13(7-11)24-9-23-12/h3-4,7,10H,1-2,5-6,8-9H2. The molecular formula is C16H16N4O4S. The first-order chi connectivity index (χ1) is 12.3. The van der Waals surface area contributed by atoms with Gasteiger partial charge in [0.05, 0.1) is 6.54 Å².